The highest BCUT2D eigenvalue weighted by molar-refractivity contribution is 7.47. The summed E-state index contributed by atoms with van der Waals surface area (Å²) in [6.45, 7) is 3.46. The van der Waals surface area contributed by atoms with Crippen molar-refractivity contribution in [1.82, 2.24) is 0 Å². The van der Waals surface area contributed by atoms with Crippen LogP contribution in [0.15, 0.2) is 122 Å². The Kier molecular flexibility index (Phi) is 43.2. The van der Waals surface area contributed by atoms with Crippen molar-refractivity contribution < 1.29 is 37.6 Å². The Morgan fingerprint density at radius 2 is 0.918 bits per heavy atom. The Balaban J connectivity index is 4.23. The number of rotatable bonds is 41. The second kappa shape index (κ2) is 45.9. The topological polar surface area (TPSA) is 134 Å². The van der Waals surface area contributed by atoms with Crippen LogP contribution in [0, 0.1) is 0 Å². The van der Waals surface area contributed by atoms with Crippen molar-refractivity contribution >= 4 is 19.8 Å². The summed E-state index contributed by atoms with van der Waals surface area (Å²) in [7, 11) is -4.40. The third-order valence-corrected chi connectivity index (χ3v) is 9.82. The number of unbranched alkanes of at least 4 members (excludes halogenated alkanes) is 8. The molecule has 2 atom stereocenters. The lowest BCUT2D eigenvalue weighted by Crippen LogP contribution is -2.29. The molecular formula is C51H82NO8P. The maximum absolute atomic E-state index is 12.6. The molecule has 9 nitrogen and oxygen atoms in total. The standard InChI is InChI=1S/C51H82NO8P/c1-3-5-7-9-11-13-15-16-17-18-19-20-21-22-23-24-25-26-27-28-29-30-31-32-34-36-38-40-42-44-51(54)60-49(48-59-61(55,56)58-46-45-52)47-57-50(53)43-41-39-37-35-33-14-12-10-8-6-4-2/h5,7,10-13,16-17,19-20,22-23,25-26,28-29,31-32,36,38,49H,3-4,6,8-9,14-15,18,21,24,27,30,33-35,37,39-48,52H2,1-2H3,(H,55,56)/b7-5-,12-10-,13-11-,17-16-,20-19-,23-22-,26-25-,29-28-,32-31-,38-36-. The van der Waals surface area contributed by atoms with E-state index in [1.165, 1.54) is 12.8 Å². The molecule has 61 heavy (non-hydrogen) atoms. The number of phosphoric ester groups is 1. The lowest BCUT2D eigenvalue weighted by Gasteiger charge is -2.19. The summed E-state index contributed by atoms with van der Waals surface area (Å²) in [4.78, 5) is 34.8. The Hall–Kier alpha value is -3.59. The molecule has 0 aromatic rings. The van der Waals surface area contributed by atoms with E-state index in [0.717, 1.165) is 96.3 Å². The highest BCUT2D eigenvalue weighted by Crippen LogP contribution is 2.43. The predicted molar refractivity (Wildman–Crippen MR) is 256 cm³/mol. The molecule has 0 saturated carbocycles. The average Bonchev–Trinajstić information content (AvgIpc) is 3.25. The van der Waals surface area contributed by atoms with E-state index < -0.39 is 32.5 Å². The lowest BCUT2D eigenvalue weighted by molar-refractivity contribution is -0.161. The molecule has 0 aliphatic heterocycles. The van der Waals surface area contributed by atoms with Crippen LogP contribution in [0.4, 0.5) is 0 Å². The van der Waals surface area contributed by atoms with Crippen molar-refractivity contribution in [2.75, 3.05) is 26.4 Å². The fraction of sp³-hybridized carbons (Fsp3) is 0.569. The van der Waals surface area contributed by atoms with E-state index in [2.05, 4.69) is 129 Å². The van der Waals surface area contributed by atoms with Gasteiger partial charge < -0.3 is 20.1 Å². The van der Waals surface area contributed by atoms with Gasteiger partial charge >= 0.3 is 19.8 Å². The van der Waals surface area contributed by atoms with Crippen LogP contribution in [0.3, 0.4) is 0 Å². The van der Waals surface area contributed by atoms with Gasteiger partial charge in [0.25, 0.3) is 0 Å². The smallest absolute Gasteiger partial charge is 0.462 e. The van der Waals surface area contributed by atoms with Gasteiger partial charge in [-0.05, 0) is 96.3 Å². The maximum atomic E-state index is 12.6. The number of hydrogen-bond donors (Lipinski definition) is 2. The summed E-state index contributed by atoms with van der Waals surface area (Å²) >= 11 is 0. The molecule has 0 spiro atoms. The number of carbonyl (C=O) groups excluding carboxylic acids is 2. The largest absolute Gasteiger partial charge is 0.472 e. The van der Waals surface area contributed by atoms with E-state index in [1.54, 1.807) is 0 Å². The van der Waals surface area contributed by atoms with Crippen LogP contribution in [0.2, 0.25) is 0 Å². The zero-order valence-electron chi connectivity index (χ0n) is 37.8. The van der Waals surface area contributed by atoms with E-state index in [4.69, 9.17) is 24.3 Å². The maximum Gasteiger partial charge on any atom is 0.472 e. The van der Waals surface area contributed by atoms with E-state index >= 15 is 0 Å². The highest BCUT2D eigenvalue weighted by atomic mass is 31.2. The first kappa shape index (κ1) is 57.4. The fourth-order valence-electron chi connectivity index (χ4n) is 5.44. The summed E-state index contributed by atoms with van der Waals surface area (Å²) in [6.07, 6.45) is 62.5. The van der Waals surface area contributed by atoms with Gasteiger partial charge in [0, 0.05) is 19.4 Å². The monoisotopic (exact) mass is 868 g/mol. The molecule has 10 heteroatoms. The zero-order valence-corrected chi connectivity index (χ0v) is 38.7. The second-order valence-corrected chi connectivity index (χ2v) is 16.0. The summed E-state index contributed by atoms with van der Waals surface area (Å²) in [6, 6.07) is 0. The van der Waals surface area contributed by atoms with Gasteiger partial charge in [-0.15, -0.1) is 0 Å². The zero-order chi connectivity index (χ0) is 44.6. The highest BCUT2D eigenvalue weighted by Gasteiger charge is 2.25. The molecule has 0 aliphatic carbocycles. The molecule has 0 bridgehead atoms. The molecule has 0 heterocycles. The van der Waals surface area contributed by atoms with Crippen molar-refractivity contribution in [3.05, 3.63) is 122 Å². The SMILES string of the molecule is CC/C=C\C/C=C\C/C=C\C/C=C\C/C=C\C/C=C\C/C=C\C/C=C\C/C=C\CCCC(=O)OC(COC(=O)CCCCCCC/C=C\CCCC)COP(=O)(O)OCCN. The third kappa shape index (κ3) is 45.8. The van der Waals surface area contributed by atoms with E-state index in [9.17, 15) is 19.0 Å². The molecule has 0 amide bonds. The van der Waals surface area contributed by atoms with Gasteiger partial charge in [-0.25, -0.2) is 4.57 Å². The van der Waals surface area contributed by atoms with Crippen LogP contribution in [-0.4, -0.2) is 49.3 Å². The second-order valence-electron chi connectivity index (χ2n) is 14.5. The molecular weight excluding hydrogens is 786 g/mol. The first-order valence-corrected chi connectivity index (χ1v) is 24.5. The number of hydrogen-bond acceptors (Lipinski definition) is 8. The number of carbonyl (C=O) groups is 2. The van der Waals surface area contributed by atoms with Crippen LogP contribution in [-0.2, 0) is 32.7 Å². The molecule has 0 radical (unpaired) electrons. The van der Waals surface area contributed by atoms with Gasteiger partial charge in [0.05, 0.1) is 13.2 Å². The van der Waals surface area contributed by atoms with Gasteiger partial charge in [0.15, 0.2) is 6.10 Å². The lowest BCUT2D eigenvalue weighted by atomic mass is 10.1. The van der Waals surface area contributed by atoms with Gasteiger partial charge in [0.1, 0.15) is 6.61 Å². The van der Waals surface area contributed by atoms with Crippen LogP contribution in [0.5, 0.6) is 0 Å². The van der Waals surface area contributed by atoms with Gasteiger partial charge in [-0.3, -0.25) is 18.6 Å². The van der Waals surface area contributed by atoms with Gasteiger partial charge in [-0.2, -0.15) is 0 Å². The van der Waals surface area contributed by atoms with E-state index in [-0.39, 0.29) is 32.6 Å². The molecule has 0 aromatic heterocycles. The van der Waals surface area contributed by atoms with Crippen molar-refractivity contribution in [2.45, 2.75) is 161 Å². The minimum Gasteiger partial charge on any atom is -0.462 e. The third-order valence-electron chi connectivity index (χ3n) is 8.83. The van der Waals surface area contributed by atoms with Crippen LogP contribution in [0.1, 0.15) is 155 Å². The summed E-state index contributed by atoms with van der Waals surface area (Å²) in [5.74, 6) is -0.924. The molecule has 0 saturated heterocycles. The summed E-state index contributed by atoms with van der Waals surface area (Å²) in [5, 5.41) is 0. The summed E-state index contributed by atoms with van der Waals surface area (Å²) in [5.41, 5.74) is 5.34. The van der Waals surface area contributed by atoms with Gasteiger partial charge in [-0.1, -0.05) is 167 Å². The Morgan fingerprint density at radius 3 is 1.41 bits per heavy atom. The molecule has 0 rings (SSSR count). The molecule has 0 aromatic carbocycles. The first-order valence-electron chi connectivity index (χ1n) is 23.0. The minimum atomic E-state index is -4.40. The Morgan fingerprint density at radius 1 is 0.508 bits per heavy atom. The normalized spacial score (nSPS) is 14.4. The number of allylic oxidation sites excluding steroid dienone is 20. The summed E-state index contributed by atoms with van der Waals surface area (Å²) < 4.78 is 32.7. The fourth-order valence-corrected chi connectivity index (χ4v) is 6.20. The number of ether oxygens (including phenoxy) is 2. The van der Waals surface area contributed by atoms with Crippen LogP contribution >= 0.6 is 7.82 Å². The first-order chi connectivity index (χ1) is 29.8. The minimum absolute atomic E-state index is 0.0361. The Labute approximate surface area is 371 Å². The quantitative estimate of drug-likeness (QED) is 0.0266. The Bertz CT molecular complexity index is 1400. The van der Waals surface area contributed by atoms with E-state index in [1.807, 2.05) is 6.08 Å². The van der Waals surface area contributed by atoms with Crippen LogP contribution < -0.4 is 5.73 Å². The predicted octanol–water partition coefficient (Wildman–Crippen LogP) is 13.7. The van der Waals surface area contributed by atoms with Crippen molar-refractivity contribution in [3.63, 3.8) is 0 Å². The number of nitrogens with two attached hydrogens (primary N) is 1. The van der Waals surface area contributed by atoms with Gasteiger partial charge in [0.2, 0.25) is 0 Å². The number of esters is 2. The van der Waals surface area contributed by atoms with Crippen LogP contribution in [0.25, 0.3) is 0 Å². The van der Waals surface area contributed by atoms with Crippen molar-refractivity contribution in [1.29, 1.82) is 0 Å². The average molecular weight is 868 g/mol. The molecule has 3 N–H and O–H groups in total. The molecule has 0 fully saturated rings. The molecule has 344 valence electrons. The molecule has 2 unspecified atom stereocenters. The van der Waals surface area contributed by atoms with Crippen molar-refractivity contribution in [2.24, 2.45) is 5.73 Å². The molecule has 0 aliphatic rings. The van der Waals surface area contributed by atoms with E-state index in [0.29, 0.717) is 19.3 Å². The number of phosphoric acid groups is 1. The van der Waals surface area contributed by atoms with Crippen molar-refractivity contribution in [3.8, 4) is 0 Å².